The number of benzene rings is 4. The van der Waals surface area contributed by atoms with E-state index in [1.165, 1.54) is 27.1 Å². The van der Waals surface area contributed by atoms with Gasteiger partial charge >= 0.3 is 7.12 Å². The van der Waals surface area contributed by atoms with Gasteiger partial charge in [-0.15, -0.1) is 0 Å². The van der Waals surface area contributed by atoms with E-state index in [-0.39, 0.29) is 0 Å². The molecule has 1 saturated heterocycles. The van der Waals surface area contributed by atoms with Crippen molar-refractivity contribution in [1.82, 2.24) is 0 Å². The molecule has 0 N–H and O–H groups in total. The summed E-state index contributed by atoms with van der Waals surface area (Å²) in [5, 5.41) is 5.05. The highest BCUT2D eigenvalue weighted by Crippen LogP contribution is 2.38. The van der Waals surface area contributed by atoms with Crippen molar-refractivity contribution in [1.29, 1.82) is 0 Å². The molecule has 5 rings (SSSR count). The van der Waals surface area contributed by atoms with Gasteiger partial charge in [-0.05, 0) is 66.9 Å². The maximum atomic E-state index is 6.42. The quantitative estimate of drug-likeness (QED) is 0.277. The third kappa shape index (κ3) is 3.83. The lowest BCUT2D eigenvalue weighted by molar-refractivity contribution is 0.00578. The summed E-state index contributed by atoms with van der Waals surface area (Å²) in [5.41, 5.74) is 2.54. The van der Waals surface area contributed by atoms with Crippen LogP contribution >= 0.6 is 0 Å². The third-order valence-electron chi connectivity index (χ3n) is 7.43. The Morgan fingerprint density at radius 3 is 1.91 bits per heavy atom. The molecule has 0 atom stereocenters. The van der Waals surface area contributed by atoms with Gasteiger partial charge in [0.15, 0.2) is 0 Å². The van der Waals surface area contributed by atoms with Crippen molar-refractivity contribution < 1.29 is 14.0 Å². The van der Waals surface area contributed by atoms with Crippen molar-refractivity contribution in [2.24, 2.45) is 0 Å². The second kappa shape index (κ2) is 8.33. The fourth-order valence-corrected chi connectivity index (χ4v) is 4.75. The zero-order chi connectivity index (χ0) is 24.1. The smallest absolute Gasteiger partial charge is 0.496 e. The van der Waals surface area contributed by atoms with Crippen LogP contribution < -0.4 is 15.1 Å². The molecule has 1 heterocycles. The largest absolute Gasteiger partial charge is 0.497 e. The van der Waals surface area contributed by atoms with Crippen molar-refractivity contribution in [2.45, 2.75) is 45.4 Å². The molecule has 0 amide bonds. The van der Waals surface area contributed by atoms with Crippen molar-refractivity contribution in [3.63, 3.8) is 0 Å². The van der Waals surface area contributed by atoms with Crippen LogP contribution in [-0.2, 0) is 15.9 Å². The molecular formula is C29H32BNO3. The van der Waals surface area contributed by atoms with Gasteiger partial charge in [-0.2, -0.15) is 0 Å². The third-order valence-corrected chi connectivity index (χ3v) is 7.43. The van der Waals surface area contributed by atoms with Crippen LogP contribution in [0.25, 0.3) is 21.5 Å². The Morgan fingerprint density at radius 2 is 1.35 bits per heavy atom. The molecule has 5 heteroatoms. The molecule has 1 aliphatic rings. The van der Waals surface area contributed by atoms with E-state index >= 15 is 0 Å². The molecule has 0 spiro atoms. The Morgan fingerprint density at radius 1 is 0.794 bits per heavy atom. The minimum absolute atomic E-state index is 0.404. The van der Waals surface area contributed by atoms with E-state index in [4.69, 9.17) is 14.0 Å². The van der Waals surface area contributed by atoms with Gasteiger partial charge in [-0.25, -0.2) is 0 Å². The number of hydrogen-bond acceptors (Lipinski definition) is 4. The number of rotatable bonds is 5. The van der Waals surface area contributed by atoms with E-state index in [0.717, 1.165) is 23.4 Å². The minimum Gasteiger partial charge on any atom is -0.497 e. The average Bonchev–Trinajstić information content (AvgIpc) is 3.04. The van der Waals surface area contributed by atoms with Crippen LogP contribution in [0, 0.1) is 0 Å². The van der Waals surface area contributed by atoms with Crippen LogP contribution in [0.4, 0.5) is 5.69 Å². The van der Waals surface area contributed by atoms with E-state index in [2.05, 4.69) is 106 Å². The van der Waals surface area contributed by atoms with Gasteiger partial charge in [0.1, 0.15) is 5.75 Å². The monoisotopic (exact) mass is 453 g/mol. The summed E-state index contributed by atoms with van der Waals surface area (Å²) in [4.78, 5) is 2.27. The van der Waals surface area contributed by atoms with Crippen LogP contribution in [0.5, 0.6) is 5.75 Å². The fraction of sp³-hybridized carbons (Fsp3) is 0.310. The first-order valence-corrected chi connectivity index (χ1v) is 11.8. The van der Waals surface area contributed by atoms with Gasteiger partial charge in [0, 0.05) is 30.8 Å². The zero-order valence-electron chi connectivity index (χ0n) is 20.9. The maximum Gasteiger partial charge on any atom is 0.496 e. The SMILES string of the molecule is COc1ccc(B2OC(C)(C)C(C)(C)O2)c(N(C)Cc2c3ccccc3cc3ccccc23)c1. The topological polar surface area (TPSA) is 30.9 Å². The lowest BCUT2D eigenvalue weighted by Gasteiger charge is -2.32. The number of methoxy groups -OCH3 is 1. The summed E-state index contributed by atoms with van der Waals surface area (Å²) in [6, 6.07) is 25.6. The van der Waals surface area contributed by atoms with Crippen molar-refractivity contribution in [3.8, 4) is 5.75 Å². The van der Waals surface area contributed by atoms with Gasteiger partial charge < -0.3 is 18.9 Å². The van der Waals surface area contributed by atoms with Gasteiger partial charge in [-0.3, -0.25) is 0 Å². The second-order valence-electron chi connectivity index (χ2n) is 10.2. The van der Waals surface area contributed by atoms with Crippen molar-refractivity contribution in [3.05, 3.63) is 78.4 Å². The minimum atomic E-state index is -0.447. The van der Waals surface area contributed by atoms with E-state index in [9.17, 15) is 0 Å². The second-order valence-corrected chi connectivity index (χ2v) is 10.2. The van der Waals surface area contributed by atoms with E-state index in [0.29, 0.717) is 0 Å². The van der Waals surface area contributed by atoms with Crippen molar-refractivity contribution >= 4 is 39.8 Å². The lowest BCUT2D eigenvalue weighted by Crippen LogP contribution is -2.41. The highest BCUT2D eigenvalue weighted by molar-refractivity contribution is 6.64. The fourth-order valence-electron chi connectivity index (χ4n) is 4.75. The maximum absolute atomic E-state index is 6.42. The Balaban J connectivity index is 1.60. The van der Waals surface area contributed by atoms with Crippen LogP contribution in [0.15, 0.2) is 72.8 Å². The normalized spacial score (nSPS) is 16.8. The first-order chi connectivity index (χ1) is 16.2. The van der Waals surface area contributed by atoms with E-state index < -0.39 is 18.3 Å². The molecule has 4 aromatic carbocycles. The first kappa shape index (κ1) is 22.8. The standard InChI is InChI=1S/C29H32BNO3/c1-28(2)29(3,4)34-30(33-28)26-16-15-22(32-6)18-27(26)31(5)19-25-23-13-9-7-11-20(23)17-21-12-8-10-14-24(21)25/h7-18H,19H2,1-6H3. The number of fused-ring (bicyclic) bond motifs is 2. The molecule has 1 aliphatic heterocycles. The average molecular weight is 453 g/mol. The predicted molar refractivity (Wildman–Crippen MR) is 142 cm³/mol. The molecular weight excluding hydrogens is 421 g/mol. The molecule has 34 heavy (non-hydrogen) atoms. The van der Waals surface area contributed by atoms with Crippen LogP contribution in [0.2, 0.25) is 0 Å². The van der Waals surface area contributed by atoms with Gasteiger partial charge in [-0.1, -0.05) is 54.6 Å². The lowest BCUT2D eigenvalue weighted by atomic mass is 9.77. The molecule has 4 aromatic rings. The van der Waals surface area contributed by atoms with Crippen LogP contribution in [-0.4, -0.2) is 32.5 Å². The zero-order valence-corrected chi connectivity index (χ0v) is 20.9. The summed E-state index contributed by atoms with van der Waals surface area (Å²) in [7, 11) is 3.38. The van der Waals surface area contributed by atoms with Gasteiger partial charge in [0.05, 0.1) is 18.3 Å². The predicted octanol–water partition coefficient (Wildman–Crippen LogP) is 5.94. The Kier molecular flexibility index (Phi) is 5.58. The molecule has 0 unspecified atom stereocenters. The highest BCUT2D eigenvalue weighted by Gasteiger charge is 2.52. The number of nitrogens with zero attached hydrogens (tertiary/aromatic N) is 1. The molecule has 0 aliphatic carbocycles. The Labute approximate surface area is 202 Å². The molecule has 0 radical (unpaired) electrons. The first-order valence-electron chi connectivity index (χ1n) is 11.8. The number of anilines is 1. The summed E-state index contributed by atoms with van der Waals surface area (Å²) >= 11 is 0. The summed E-state index contributed by atoms with van der Waals surface area (Å²) in [6.07, 6.45) is 0. The van der Waals surface area contributed by atoms with E-state index in [1.54, 1.807) is 7.11 Å². The van der Waals surface area contributed by atoms with E-state index in [1.807, 2.05) is 6.07 Å². The number of ether oxygens (including phenoxy) is 1. The molecule has 0 aromatic heterocycles. The van der Waals surface area contributed by atoms with Crippen LogP contribution in [0.3, 0.4) is 0 Å². The molecule has 0 saturated carbocycles. The molecule has 0 bridgehead atoms. The summed E-state index contributed by atoms with van der Waals surface area (Å²) in [6.45, 7) is 9.08. The Hall–Kier alpha value is -3.02. The highest BCUT2D eigenvalue weighted by atomic mass is 16.7. The molecule has 4 nitrogen and oxygen atoms in total. The molecule has 1 fully saturated rings. The summed E-state index contributed by atoms with van der Waals surface area (Å²) in [5.74, 6) is 0.810. The van der Waals surface area contributed by atoms with Crippen molar-refractivity contribution in [2.75, 3.05) is 19.1 Å². The van der Waals surface area contributed by atoms with Gasteiger partial charge in [0.25, 0.3) is 0 Å². The van der Waals surface area contributed by atoms with Crippen LogP contribution in [0.1, 0.15) is 33.3 Å². The van der Waals surface area contributed by atoms with Gasteiger partial charge in [0.2, 0.25) is 0 Å². The number of hydrogen-bond donors (Lipinski definition) is 0. The Bertz CT molecular complexity index is 1290. The molecule has 174 valence electrons. The summed E-state index contributed by atoms with van der Waals surface area (Å²) < 4.78 is 18.4.